The van der Waals surface area contributed by atoms with Gasteiger partial charge in [-0.3, -0.25) is 4.79 Å². The molecule has 0 aromatic heterocycles. The number of rotatable bonds is 8. The average Bonchev–Trinajstić information content (AvgIpc) is 3.26. The summed E-state index contributed by atoms with van der Waals surface area (Å²) in [6.07, 6.45) is 1.41. The van der Waals surface area contributed by atoms with Gasteiger partial charge in [0.1, 0.15) is 11.2 Å². The summed E-state index contributed by atoms with van der Waals surface area (Å²) in [6.45, 7) is 19.4. The Morgan fingerprint density at radius 3 is 2.32 bits per heavy atom. The topological polar surface area (TPSA) is 97.3 Å². The Kier molecular flexibility index (Phi) is 9.63. The van der Waals surface area contributed by atoms with E-state index < -0.39 is 25.6 Å². The van der Waals surface area contributed by atoms with Gasteiger partial charge in [0.2, 0.25) is 0 Å². The Hall–Kier alpha value is -1.16. The number of carbonyl (C=O) groups is 2. The Labute approximate surface area is 207 Å². The lowest BCUT2D eigenvalue weighted by Crippen LogP contribution is -2.46. The van der Waals surface area contributed by atoms with Gasteiger partial charge in [-0.25, -0.2) is 4.79 Å². The van der Waals surface area contributed by atoms with Gasteiger partial charge in [0.05, 0.1) is 18.1 Å². The van der Waals surface area contributed by atoms with Crippen molar-refractivity contribution in [3.63, 3.8) is 0 Å². The molecule has 5 atom stereocenters. The Morgan fingerprint density at radius 1 is 1.12 bits per heavy atom. The lowest BCUT2D eigenvalue weighted by Gasteiger charge is -2.33. The van der Waals surface area contributed by atoms with Crippen molar-refractivity contribution in [3.8, 4) is 0 Å². The van der Waals surface area contributed by atoms with Crippen LogP contribution < -0.4 is 5.32 Å². The van der Waals surface area contributed by atoms with E-state index in [1.807, 2.05) is 48.5 Å². The second-order valence-corrected chi connectivity index (χ2v) is 17.0. The Morgan fingerprint density at radius 2 is 1.74 bits per heavy atom. The number of esters is 1. The predicted octanol–water partition coefficient (Wildman–Crippen LogP) is 3.92. The largest absolute Gasteiger partial charge is 0.460 e. The highest BCUT2D eigenvalue weighted by atomic mass is 28.4. The van der Waals surface area contributed by atoms with Crippen LogP contribution in [0.1, 0.15) is 67.7 Å². The monoisotopic (exact) mass is 500 g/mol. The molecule has 2 aliphatic rings. The molecule has 2 rings (SSSR count). The van der Waals surface area contributed by atoms with E-state index in [0.29, 0.717) is 32.0 Å². The molecular weight excluding hydrogens is 452 g/mol. The smallest absolute Gasteiger partial charge is 0.410 e. The van der Waals surface area contributed by atoms with Crippen molar-refractivity contribution in [1.82, 2.24) is 10.2 Å². The summed E-state index contributed by atoms with van der Waals surface area (Å²) in [4.78, 5) is 26.5. The van der Waals surface area contributed by atoms with Crippen LogP contribution in [0, 0.1) is 11.8 Å². The van der Waals surface area contributed by atoms with Gasteiger partial charge in [-0.1, -0.05) is 6.92 Å². The standard InChI is InChI=1S/C25H48N2O6Si/c1-17(22(29)31-24(2,3)4)11-13-34(8,9)33-21-19(26-15-20(21)28)14-18-10-12-27(16-18)23(30)32-25(5,6)7/h17-21,26,28H,10-16H2,1-9H3/t17-,18-,19?,20+,21+/m0/s1. The van der Waals surface area contributed by atoms with Gasteiger partial charge >= 0.3 is 12.1 Å². The van der Waals surface area contributed by atoms with Gasteiger partial charge in [-0.05, 0) is 85.9 Å². The van der Waals surface area contributed by atoms with E-state index in [-0.39, 0.29) is 30.1 Å². The molecule has 2 saturated heterocycles. The van der Waals surface area contributed by atoms with Crippen molar-refractivity contribution in [3.05, 3.63) is 0 Å². The highest BCUT2D eigenvalue weighted by Gasteiger charge is 2.42. The van der Waals surface area contributed by atoms with Crippen LogP contribution in [0.2, 0.25) is 19.1 Å². The highest BCUT2D eigenvalue weighted by Crippen LogP contribution is 2.30. The minimum Gasteiger partial charge on any atom is -0.460 e. The van der Waals surface area contributed by atoms with Crippen LogP contribution in [0.15, 0.2) is 0 Å². The molecule has 9 heteroatoms. The number of nitrogens with zero attached hydrogens (tertiary/aromatic N) is 1. The first-order valence-electron chi connectivity index (χ1n) is 12.8. The zero-order valence-electron chi connectivity index (χ0n) is 22.8. The van der Waals surface area contributed by atoms with E-state index in [2.05, 4.69) is 18.4 Å². The zero-order valence-corrected chi connectivity index (χ0v) is 23.8. The van der Waals surface area contributed by atoms with Crippen molar-refractivity contribution in [2.45, 2.75) is 116 Å². The minimum absolute atomic E-state index is 0.0497. The number of hydrogen-bond acceptors (Lipinski definition) is 7. The second-order valence-electron chi connectivity index (χ2n) is 12.7. The first kappa shape index (κ1) is 29.1. The molecule has 2 fully saturated rings. The van der Waals surface area contributed by atoms with Crippen LogP contribution in [0.3, 0.4) is 0 Å². The number of β-amino-alcohol motifs (C(OH)–C–C–N with tert-alkyl or cyclic N) is 1. The van der Waals surface area contributed by atoms with E-state index in [4.69, 9.17) is 13.9 Å². The number of nitrogens with one attached hydrogen (secondary N) is 1. The maximum Gasteiger partial charge on any atom is 0.410 e. The highest BCUT2D eigenvalue weighted by molar-refractivity contribution is 6.71. The molecule has 0 aliphatic carbocycles. The fourth-order valence-corrected chi connectivity index (χ4v) is 6.84. The molecular formula is C25H48N2O6Si. The number of ether oxygens (including phenoxy) is 2. The van der Waals surface area contributed by atoms with E-state index in [1.165, 1.54) is 0 Å². The van der Waals surface area contributed by atoms with Crippen molar-refractivity contribution in [2.24, 2.45) is 11.8 Å². The fourth-order valence-electron chi connectivity index (χ4n) is 4.54. The third-order valence-electron chi connectivity index (χ3n) is 6.33. The molecule has 0 radical (unpaired) electrons. The lowest BCUT2D eigenvalue weighted by atomic mass is 9.96. The molecule has 0 spiro atoms. The molecule has 198 valence electrons. The Bertz CT molecular complexity index is 702. The van der Waals surface area contributed by atoms with Crippen LogP contribution in [0.4, 0.5) is 4.79 Å². The van der Waals surface area contributed by atoms with E-state index in [9.17, 15) is 14.7 Å². The first-order valence-corrected chi connectivity index (χ1v) is 15.9. The lowest BCUT2D eigenvalue weighted by molar-refractivity contribution is -0.159. The van der Waals surface area contributed by atoms with Crippen molar-refractivity contribution in [1.29, 1.82) is 0 Å². The van der Waals surface area contributed by atoms with Gasteiger partial charge < -0.3 is 29.2 Å². The first-order chi connectivity index (χ1) is 15.5. The van der Waals surface area contributed by atoms with Crippen LogP contribution in [0.5, 0.6) is 0 Å². The van der Waals surface area contributed by atoms with E-state index >= 15 is 0 Å². The quantitative estimate of drug-likeness (QED) is 0.385. The van der Waals surface area contributed by atoms with Crippen molar-refractivity contribution in [2.75, 3.05) is 19.6 Å². The summed E-state index contributed by atoms with van der Waals surface area (Å²) in [6, 6.07) is 0.868. The predicted molar refractivity (Wildman–Crippen MR) is 135 cm³/mol. The van der Waals surface area contributed by atoms with Crippen LogP contribution in [-0.4, -0.2) is 79.5 Å². The molecule has 0 saturated carbocycles. The maximum absolute atomic E-state index is 12.4. The van der Waals surface area contributed by atoms with Crippen LogP contribution in [0.25, 0.3) is 0 Å². The average molecular weight is 501 g/mol. The number of amides is 1. The van der Waals surface area contributed by atoms with E-state index in [0.717, 1.165) is 18.9 Å². The molecule has 2 N–H and O–H groups in total. The second kappa shape index (κ2) is 11.3. The van der Waals surface area contributed by atoms with Gasteiger partial charge in [0, 0.05) is 25.7 Å². The number of aliphatic hydroxyl groups excluding tert-OH is 1. The van der Waals surface area contributed by atoms with Crippen LogP contribution in [-0.2, 0) is 18.7 Å². The summed E-state index contributed by atoms with van der Waals surface area (Å²) in [5, 5.41) is 14.1. The molecule has 2 aliphatic heterocycles. The molecule has 34 heavy (non-hydrogen) atoms. The number of likely N-dealkylation sites (tertiary alicyclic amines) is 1. The van der Waals surface area contributed by atoms with Crippen molar-refractivity contribution < 1.29 is 28.6 Å². The molecule has 2 heterocycles. The number of carbonyl (C=O) groups excluding carboxylic acids is 2. The maximum atomic E-state index is 12.4. The Balaban J connectivity index is 1.87. The third kappa shape index (κ3) is 9.47. The molecule has 1 amide bonds. The number of hydrogen-bond donors (Lipinski definition) is 2. The van der Waals surface area contributed by atoms with Gasteiger partial charge in [0.25, 0.3) is 0 Å². The van der Waals surface area contributed by atoms with Crippen LogP contribution >= 0.6 is 0 Å². The zero-order chi connectivity index (χ0) is 25.9. The summed E-state index contributed by atoms with van der Waals surface area (Å²) in [5.41, 5.74) is -0.983. The number of aliphatic hydroxyl groups is 1. The summed E-state index contributed by atoms with van der Waals surface area (Å²) < 4.78 is 17.6. The summed E-state index contributed by atoms with van der Waals surface area (Å²) in [7, 11) is -2.13. The minimum atomic E-state index is -2.13. The summed E-state index contributed by atoms with van der Waals surface area (Å²) in [5.74, 6) is -0.0127. The normalized spacial score (nSPS) is 27.1. The molecule has 1 unspecified atom stereocenters. The third-order valence-corrected chi connectivity index (χ3v) is 8.74. The molecule has 0 aromatic rings. The van der Waals surface area contributed by atoms with Gasteiger partial charge in [0.15, 0.2) is 8.32 Å². The molecule has 0 bridgehead atoms. The SMILES string of the molecule is C[C@@H](CC[Si](C)(C)O[C@@H]1C(C[C@@H]2CCN(C(=O)OC(C)(C)C)C2)NC[C@H]1O)C(=O)OC(C)(C)C. The van der Waals surface area contributed by atoms with Crippen molar-refractivity contribution >= 4 is 20.4 Å². The van der Waals surface area contributed by atoms with Gasteiger partial charge in [-0.15, -0.1) is 0 Å². The summed E-state index contributed by atoms with van der Waals surface area (Å²) >= 11 is 0. The fraction of sp³-hybridized carbons (Fsp3) is 0.920. The van der Waals surface area contributed by atoms with E-state index in [1.54, 1.807) is 4.90 Å². The van der Waals surface area contributed by atoms with Gasteiger partial charge in [-0.2, -0.15) is 0 Å². The molecule has 0 aromatic carbocycles. The molecule has 8 nitrogen and oxygen atoms in total.